The van der Waals surface area contributed by atoms with Crippen LogP contribution >= 0.6 is 0 Å². The van der Waals surface area contributed by atoms with Gasteiger partial charge in [0, 0.05) is 13.0 Å². The summed E-state index contributed by atoms with van der Waals surface area (Å²) in [7, 11) is 0. The molecule has 1 atom stereocenters. The van der Waals surface area contributed by atoms with E-state index in [2.05, 4.69) is 56.3 Å². The summed E-state index contributed by atoms with van der Waals surface area (Å²) in [6.45, 7) is 5.18. The van der Waals surface area contributed by atoms with Crippen molar-refractivity contribution in [3.8, 4) is 16.9 Å². The number of hydrogen-bond acceptors (Lipinski definition) is 3. The van der Waals surface area contributed by atoms with Gasteiger partial charge in [-0.25, -0.2) is 4.79 Å². The minimum atomic E-state index is -0.918. The lowest BCUT2D eigenvalue weighted by Gasteiger charge is -2.14. The normalized spacial score (nSPS) is 12.3. The highest BCUT2D eigenvalue weighted by atomic mass is 16.5. The molecule has 0 spiro atoms. The fourth-order valence-corrected chi connectivity index (χ4v) is 3.84. The van der Waals surface area contributed by atoms with Crippen LogP contribution in [-0.2, 0) is 16.0 Å². The molecule has 0 unspecified atom stereocenters. The minimum Gasteiger partial charge on any atom is -0.490 e. The maximum atomic E-state index is 11.5. The predicted octanol–water partition coefficient (Wildman–Crippen LogP) is 7.43. The molecule has 3 rings (SSSR count). The molecule has 3 aromatic rings. The molecule has 3 aromatic carbocycles. The van der Waals surface area contributed by atoms with Crippen molar-refractivity contribution in [2.75, 3.05) is 13.2 Å². The first-order valence-corrected chi connectivity index (χ1v) is 12.5. The Hall–Kier alpha value is -3.37. The van der Waals surface area contributed by atoms with Gasteiger partial charge in [-0.2, -0.15) is 0 Å². The Morgan fingerprint density at radius 3 is 2.23 bits per heavy atom. The van der Waals surface area contributed by atoms with E-state index >= 15 is 0 Å². The molecular formula is C31H36O4. The minimum absolute atomic E-state index is 0.349. The first-order valence-electron chi connectivity index (χ1n) is 12.5. The van der Waals surface area contributed by atoms with Crippen molar-refractivity contribution in [2.24, 2.45) is 0 Å². The van der Waals surface area contributed by atoms with Gasteiger partial charge in [0.25, 0.3) is 0 Å². The molecule has 0 aliphatic heterocycles. The van der Waals surface area contributed by atoms with Gasteiger partial charge in [0.2, 0.25) is 0 Å². The summed E-state index contributed by atoms with van der Waals surface area (Å²) >= 11 is 0. The lowest BCUT2D eigenvalue weighted by Crippen LogP contribution is -2.26. The molecule has 4 nitrogen and oxygen atoms in total. The number of aliphatic carboxylic acids is 1. The smallest absolute Gasteiger partial charge is 0.333 e. The van der Waals surface area contributed by atoms with E-state index in [4.69, 9.17) is 9.47 Å². The lowest BCUT2D eigenvalue weighted by atomic mass is 10.0. The molecule has 35 heavy (non-hydrogen) atoms. The largest absolute Gasteiger partial charge is 0.490 e. The molecule has 0 radical (unpaired) electrons. The summed E-state index contributed by atoms with van der Waals surface area (Å²) in [5.41, 5.74) is 5.65. The number of carbonyl (C=O) groups is 1. The van der Waals surface area contributed by atoms with Crippen molar-refractivity contribution in [1.82, 2.24) is 0 Å². The number of hydrogen-bond donors (Lipinski definition) is 1. The summed E-state index contributed by atoms with van der Waals surface area (Å²) in [6.07, 6.45) is 5.86. The van der Waals surface area contributed by atoms with Gasteiger partial charge < -0.3 is 14.6 Å². The fraction of sp³-hybridized carbons (Fsp3) is 0.323. The van der Waals surface area contributed by atoms with Crippen molar-refractivity contribution >= 4 is 11.5 Å². The average molecular weight is 473 g/mol. The Labute approximate surface area is 209 Å². The van der Waals surface area contributed by atoms with Crippen LogP contribution in [0.3, 0.4) is 0 Å². The first-order chi connectivity index (χ1) is 17.1. The zero-order valence-electron chi connectivity index (χ0n) is 20.8. The summed E-state index contributed by atoms with van der Waals surface area (Å²) in [5, 5.41) is 9.47. The van der Waals surface area contributed by atoms with Crippen LogP contribution < -0.4 is 4.74 Å². The number of unbranched alkanes of at least 4 members (excludes halogenated alkanes) is 3. The Balaban J connectivity index is 1.48. The quantitative estimate of drug-likeness (QED) is 0.248. The van der Waals surface area contributed by atoms with Crippen molar-refractivity contribution in [1.29, 1.82) is 0 Å². The molecule has 0 heterocycles. The highest BCUT2D eigenvalue weighted by Gasteiger charge is 2.18. The molecule has 1 N–H and O–H groups in total. The Morgan fingerprint density at radius 2 is 1.57 bits per heavy atom. The topological polar surface area (TPSA) is 55.8 Å². The van der Waals surface area contributed by atoms with E-state index in [1.807, 2.05) is 42.5 Å². The number of carboxylic acids is 1. The van der Waals surface area contributed by atoms with E-state index in [1.54, 1.807) is 0 Å². The van der Waals surface area contributed by atoms with E-state index in [9.17, 15) is 9.90 Å². The molecule has 0 fully saturated rings. The van der Waals surface area contributed by atoms with Gasteiger partial charge in [0.05, 0.1) is 0 Å². The first kappa shape index (κ1) is 26.2. The molecular weight excluding hydrogens is 436 g/mol. The van der Waals surface area contributed by atoms with Crippen LogP contribution in [0.25, 0.3) is 16.7 Å². The van der Waals surface area contributed by atoms with Crippen LogP contribution in [0.1, 0.15) is 50.7 Å². The van der Waals surface area contributed by atoms with Gasteiger partial charge in [0.1, 0.15) is 12.4 Å². The zero-order valence-corrected chi connectivity index (χ0v) is 20.8. The van der Waals surface area contributed by atoms with E-state index in [0.29, 0.717) is 19.6 Å². The van der Waals surface area contributed by atoms with Gasteiger partial charge in [-0.05, 0) is 59.4 Å². The average Bonchev–Trinajstić information content (AvgIpc) is 2.89. The molecule has 0 saturated carbocycles. The van der Waals surface area contributed by atoms with Gasteiger partial charge in [-0.3, -0.25) is 0 Å². The molecule has 4 heteroatoms. The predicted molar refractivity (Wildman–Crippen MR) is 143 cm³/mol. The van der Waals surface area contributed by atoms with Crippen molar-refractivity contribution < 1.29 is 19.4 Å². The standard InChI is InChI=1S/C31H36O4/c1-3-4-5-9-21-35-30(31(32)33)23-25-12-18-29(19-13-25)34-22-20-24(2)26-14-16-28(17-15-26)27-10-7-6-8-11-27/h6-8,10-20,30H,3-5,9,21-23H2,1-2H3,(H,32,33)/t30-/m0/s1. The third-order valence-corrected chi connectivity index (χ3v) is 6.02. The Kier molecular flexibility index (Phi) is 10.6. The Bertz CT molecular complexity index is 1050. The second-order valence-corrected chi connectivity index (χ2v) is 8.75. The van der Waals surface area contributed by atoms with E-state index in [-0.39, 0.29) is 0 Å². The highest BCUT2D eigenvalue weighted by Crippen LogP contribution is 2.22. The zero-order chi connectivity index (χ0) is 24.9. The van der Waals surface area contributed by atoms with Crippen LogP contribution in [0.15, 0.2) is 84.9 Å². The summed E-state index contributed by atoms with van der Waals surface area (Å²) in [6, 6.07) is 26.5. The maximum Gasteiger partial charge on any atom is 0.333 e. The van der Waals surface area contributed by atoms with Crippen LogP contribution in [0, 0.1) is 0 Å². The fourth-order valence-electron chi connectivity index (χ4n) is 3.84. The van der Waals surface area contributed by atoms with Crippen molar-refractivity contribution in [3.63, 3.8) is 0 Å². The van der Waals surface area contributed by atoms with Gasteiger partial charge in [0.15, 0.2) is 6.10 Å². The third-order valence-electron chi connectivity index (χ3n) is 6.02. The summed E-state index contributed by atoms with van der Waals surface area (Å²) < 4.78 is 11.5. The SMILES string of the molecule is CCCCCCO[C@@H](Cc1ccc(OCC=C(C)c2ccc(-c3ccccc3)cc2)cc1)C(=O)O. The second-order valence-electron chi connectivity index (χ2n) is 8.75. The van der Waals surface area contributed by atoms with Crippen molar-refractivity contribution in [3.05, 3.63) is 96.1 Å². The van der Waals surface area contributed by atoms with E-state index in [0.717, 1.165) is 48.1 Å². The molecule has 0 saturated heterocycles. The molecule has 0 aromatic heterocycles. The molecule has 0 aliphatic rings. The number of carboxylic acid groups (broad SMARTS) is 1. The highest BCUT2D eigenvalue weighted by molar-refractivity contribution is 5.72. The molecule has 0 bridgehead atoms. The number of allylic oxidation sites excluding steroid dienone is 1. The molecule has 0 amide bonds. The second kappa shape index (κ2) is 14.1. The summed E-state index contributed by atoms with van der Waals surface area (Å²) in [4.78, 5) is 11.5. The lowest BCUT2D eigenvalue weighted by molar-refractivity contribution is -0.150. The van der Waals surface area contributed by atoms with Crippen molar-refractivity contribution in [2.45, 2.75) is 52.1 Å². The van der Waals surface area contributed by atoms with Crippen LogP contribution in [0.4, 0.5) is 0 Å². The number of rotatable bonds is 14. The maximum absolute atomic E-state index is 11.5. The van der Waals surface area contributed by atoms with E-state index < -0.39 is 12.1 Å². The van der Waals surface area contributed by atoms with Crippen LogP contribution in [0.5, 0.6) is 5.75 Å². The molecule has 184 valence electrons. The van der Waals surface area contributed by atoms with Gasteiger partial charge in [-0.15, -0.1) is 0 Å². The van der Waals surface area contributed by atoms with Gasteiger partial charge >= 0.3 is 5.97 Å². The Morgan fingerprint density at radius 1 is 0.886 bits per heavy atom. The number of ether oxygens (including phenoxy) is 2. The third kappa shape index (κ3) is 8.73. The van der Waals surface area contributed by atoms with Crippen LogP contribution in [-0.4, -0.2) is 30.4 Å². The monoisotopic (exact) mass is 472 g/mol. The van der Waals surface area contributed by atoms with Crippen LogP contribution in [0.2, 0.25) is 0 Å². The van der Waals surface area contributed by atoms with Gasteiger partial charge in [-0.1, -0.05) is 92.9 Å². The number of benzene rings is 3. The summed E-state index contributed by atoms with van der Waals surface area (Å²) in [5.74, 6) is -0.164. The van der Waals surface area contributed by atoms with E-state index in [1.165, 1.54) is 11.1 Å². The molecule has 0 aliphatic carbocycles.